The Labute approximate surface area is 110 Å². The number of hydrogen-bond acceptors (Lipinski definition) is 2. The molecule has 0 radical (unpaired) electrons. The van der Waals surface area contributed by atoms with Crippen LogP contribution in [0.4, 0.5) is 10.1 Å². The largest absolute Gasteiger partial charge is 0.392 e. The van der Waals surface area contributed by atoms with Gasteiger partial charge in [-0.3, -0.25) is 4.79 Å². The van der Waals surface area contributed by atoms with E-state index in [1.165, 1.54) is 18.2 Å². The summed E-state index contributed by atoms with van der Waals surface area (Å²) in [6, 6.07) is 11.0. The van der Waals surface area contributed by atoms with E-state index in [0.29, 0.717) is 11.3 Å². The van der Waals surface area contributed by atoms with Gasteiger partial charge in [-0.05, 0) is 36.2 Å². The molecule has 2 aromatic carbocycles. The summed E-state index contributed by atoms with van der Waals surface area (Å²) in [4.78, 5) is 12.0. The molecule has 0 aliphatic heterocycles. The maximum Gasteiger partial charge on any atom is 0.258 e. The number of rotatable bonds is 3. The molecule has 0 heterocycles. The lowest BCUT2D eigenvalue weighted by molar-refractivity contribution is 0.102. The highest BCUT2D eigenvalue weighted by Crippen LogP contribution is 2.18. The molecule has 0 aromatic heterocycles. The number of aliphatic hydroxyl groups excluding tert-OH is 1. The van der Waals surface area contributed by atoms with Gasteiger partial charge in [0.1, 0.15) is 5.82 Å². The Bertz CT molecular complexity index is 611. The van der Waals surface area contributed by atoms with Gasteiger partial charge in [0.2, 0.25) is 0 Å². The predicted molar refractivity (Wildman–Crippen MR) is 71.5 cm³/mol. The van der Waals surface area contributed by atoms with E-state index in [9.17, 15) is 9.18 Å². The van der Waals surface area contributed by atoms with Crippen LogP contribution in [0.5, 0.6) is 0 Å². The van der Waals surface area contributed by atoms with E-state index in [4.69, 9.17) is 5.11 Å². The van der Waals surface area contributed by atoms with Crippen molar-refractivity contribution >= 4 is 11.6 Å². The summed E-state index contributed by atoms with van der Waals surface area (Å²) in [6.45, 7) is 1.72. The fraction of sp³-hybridized carbons (Fsp3) is 0.133. The summed E-state index contributed by atoms with van der Waals surface area (Å²) in [6.07, 6.45) is 0. The summed E-state index contributed by atoms with van der Waals surface area (Å²) in [7, 11) is 0. The first kappa shape index (κ1) is 13.2. The van der Waals surface area contributed by atoms with E-state index < -0.39 is 11.7 Å². The summed E-state index contributed by atoms with van der Waals surface area (Å²) in [5.74, 6) is -1.06. The van der Waals surface area contributed by atoms with Crippen LogP contribution < -0.4 is 5.32 Å². The van der Waals surface area contributed by atoms with E-state index in [-0.39, 0.29) is 12.2 Å². The van der Waals surface area contributed by atoms with E-state index in [1.54, 1.807) is 24.3 Å². The highest BCUT2D eigenvalue weighted by atomic mass is 19.1. The fourth-order valence-electron chi connectivity index (χ4n) is 1.74. The van der Waals surface area contributed by atoms with Gasteiger partial charge in [0.25, 0.3) is 5.91 Å². The third-order valence-electron chi connectivity index (χ3n) is 2.85. The molecule has 0 aliphatic carbocycles. The molecule has 2 N–H and O–H groups in total. The average Bonchev–Trinajstić information content (AvgIpc) is 2.41. The lowest BCUT2D eigenvalue weighted by Gasteiger charge is -2.10. The zero-order valence-electron chi connectivity index (χ0n) is 10.5. The summed E-state index contributed by atoms with van der Waals surface area (Å²) in [5.41, 5.74) is 2.10. The number of amides is 1. The highest BCUT2D eigenvalue weighted by molar-refractivity contribution is 6.04. The van der Waals surface area contributed by atoms with Gasteiger partial charge >= 0.3 is 0 Å². The lowest BCUT2D eigenvalue weighted by atomic mass is 10.1. The smallest absolute Gasteiger partial charge is 0.258 e. The normalized spacial score (nSPS) is 10.3. The first-order valence-electron chi connectivity index (χ1n) is 5.88. The van der Waals surface area contributed by atoms with Gasteiger partial charge < -0.3 is 10.4 Å². The molecule has 2 aromatic rings. The van der Waals surface area contributed by atoms with Gasteiger partial charge in [-0.1, -0.05) is 24.3 Å². The third kappa shape index (κ3) is 2.98. The molecule has 19 heavy (non-hydrogen) atoms. The van der Waals surface area contributed by atoms with E-state index >= 15 is 0 Å². The average molecular weight is 259 g/mol. The van der Waals surface area contributed by atoms with Crippen molar-refractivity contribution in [2.75, 3.05) is 5.32 Å². The predicted octanol–water partition coefficient (Wildman–Crippen LogP) is 2.88. The molecular formula is C15H14FNO2. The lowest BCUT2D eigenvalue weighted by Crippen LogP contribution is -2.14. The van der Waals surface area contributed by atoms with Crippen molar-refractivity contribution in [1.29, 1.82) is 0 Å². The molecule has 0 unspecified atom stereocenters. The number of aryl methyl sites for hydroxylation is 1. The van der Waals surface area contributed by atoms with Gasteiger partial charge in [-0.2, -0.15) is 0 Å². The molecule has 0 bridgehead atoms. The Morgan fingerprint density at radius 3 is 2.68 bits per heavy atom. The van der Waals surface area contributed by atoms with Gasteiger partial charge in [-0.25, -0.2) is 4.39 Å². The first-order chi connectivity index (χ1) is 9.11. The third-order valence-corrected chi connectivity index (χ3v) is 2.85. The molecule has 0 aliphatic rings. The molecule has 0 saturated heterocycles. The Hall–Kier alpha value is -2.20. The number of halogens is 1. The highest BCUT2D eigenvalue weighted by Gasteiger charge is 2.12. The van der Waals surface area contributed by atoms with Crippen LogP contribution in [0.15, 0.2) is 42.5 Å². The molecule has 0 saturated carbocycles. The van der Waals surface area contributed by atoms with Crippen LogP contribution in [-0.2, 0) is 6.61 Å². The van der Waals surface area contributed by atoms with Crippen LogP contribution in [0.1, 0.15) is 21.5 Å². The second kappa shape index (κ2) is 5.63. The zero-order chi connectivity index (χ0) is 13.8. The fourth-order valence-corrected chi connectivity index (χ4v) is 1.74. The van der Waals surface area contributed by atoms with Gasteiger partial charge in [0, 0.05) is 5.69 Å². The number of nitrogens with one attached hydrogen (secondary N) is 1. The molecular weight excluding hydrogens is 245 g/mol. The number of benzene rings is 2. The summed E-state index contributed by atoms with van der Waals surface area (Å²) in [5, 5.41) is 11.7. The Morgan fingerprint density at radius 1 is 1.26 bits per heavy atom. The summed E-state index contributed by atoms with van der Waals surface area (Å²) >= 11 is 0. The van der Waals surface area contributed by atoms with Crippen LogP contribution in [0, 0.1) is 12.7 Å². The topological polar surface area (TPSA) is 49.3 Å². The molecule has 2 rings (SSSR count). The van der Waals surface area contributed by atoms with Gasteiger partial charge in [0.15, 0.2) is 0 Å². The van der Waals surface area contributed by atoms with Crippen molar-refractivity contribution in [2.24, 2.45) is 0 Å². The molecule has 4 heteroatoms. The van der Waals surface area contributed by atoms with E-state index in [1.807, 2.05) is 6.92 Å². The number of aliphatic hydroxyl groups is 1. The van der Waals surface area contributed by atoms with Crippen molar-refractivity contribution in [3.8, 4) is 0 Å². The minimum absolute atomic E-state index is 0.00342. The Kier molecular flexibility index (Phi) is 3.92. The number of anilines is 1. The minimum atomic E-state index is -0.559. The Balaban J connectivity index is 2.26. The molecule has 0 atom stereocenters. The standard InChI is InChI=1S/C15H14FNO2/c1-10-6-7-11(9-18)8-14(10)17-15(19)12-4-2-3-5-13(12)16/h2-8,18H,9H2,1H3,(H,17,19). The van der Waals surface area contributed by atoms with Crippen molar-refractivity contribution < 1.29 is 14.3 Å². The zero-order valence-corrected chi connectivity index (χ0v) is 10.5. The van der Waals surface area contributed by atoms with Crippen molar-refractivity contribution in [1.82, 2.24) is 0 Å². The van der Waals surface area contributed by atoms with E-state index in [0.717, 1.165) is 5.56 Å². The molecule has 98 valence electrons. The number of carbonyl (C=O) groups is 1. The van der Waals surface area contributed by atoms with Crippen molar-refractivity contribution in [3.63, 3.8) is 0 Å². The second-order valence-corrected chi connectivity index (χ2v) is 4.24. The van der Waals surface area contributed by atoms with Crippen LogP contribution in [-0.4, -0.2) is 11.0 Å². The van der Waals surface area contributed by atoms with Crippen LogP contribution in [0.2, 0.25) is 0 Å². The summed E-state index contributed by atoms with van der Waals surface area (Å²) < 4.78 is 13.5. The molecule has 0 fully saturated rings. The van der Waals surface area contributed by atoms with E-state index in [2.05, 4.69) is 5.32 Å². The number of hydrogen-bond donors (Lipinski definition) is 2. The van der Waals surface area contributed by atoms with Gasteiger partial charge in [0.05, 0.1) is 12.2 Å². The van der Waals surface area contributed by atoms with Crippen LogP contribution in [0.3, 0.4) is 0 Å². The molecule has 0 spiro atoms. The minimum Gasteiger partial charge on any atom is -0.392 e. The maximum atomic E-state index is 13.5. The first-order valence-corrected chi connectivity index (χ1v) is 5.88. The number of carbonyl (C=O) groups excluding carboxylic acids is 1. The Morgan fingerprint density at radius 2 is 2.00 bits per heavy atom. The monoisotopic (exact) mass is 259 g/mol. The van der Waals surface area contributed by atoms with Gasteiger partial charge in [-0.15, -0.1) is 0 Å². The van der Waals surface area contributed by atoms with Crippen molar-refractivity contribution in [2.45, 2.75) is 13.5 Å². The molecule has 3 nitrogen and oxygen atoms in total. The van der Waals surface area contributed by atoms with Crippen LogP contribution >= 0.6 is 0 Å². The van der Waals surface area contributed by atoms with Crippen LogP contribution in [0.25, 0.3) is 0 Å². The SMILES string of the molecule is Cc1ccc(CO)cc1NC(=O)c1ccccc1F. The molecule has 1 amide bonds. The second-order valence-electron chi connectivity index (χ2n) is 4.24. The quantitative estimate of drug-likeness (QED) is 0.890. The maximum absolute atomic E-state index is 13.5. The van der Waals surface area contributed by atoms with Crippen molar-refractivity contribution in [3.05, 3.63) is 65.0 Å².